The van der Waals surface area contributed by atoms with Crippen molar-refractivity contribution in [3.63, 3.8) is 0 Å². The number of hydrogen-bond donors (Lipinski definition) is 0. The molecule has 0 N–H and O–H groups in total. The van der Waals surface area contributed by atoms with Crippen LogP contribution in [0.25, 0.3) is 0 Å². The zero-order chi connectivity index (χ0) is 12.4. The van der Waals surface area contributed by atoms with Crippen LogP contribution in [-0.4, -0.2) is 5.25 Å². The summed E-state index contributed by atoms with van der Waals surface area (Å²) in [5.74, 6) is 0. The molecule has 0 aromatic carbocycles. The smallest absolute Gasteiger partial charge is 0.789 e. The van der Waals surface area contributed by atoms with Crippen molar-refractivity contribution in [3.05, 3.63) is 0 Å². The molecule has 0 saturated heterocycles. The van der Waals surface area contributed by atoms with Crippen LogP contribution in [0.1, 0.15) is 52.4 Å². The van der Waals surface area contributed by atoms with Crippen molar-refractivity contribution in [3.8, 4) is 0 Å². The van der Waals surface area contributed by atoms with E-state index < -0.39 is 7.82 Å². The van der Waals surface area contributed by atoms with Gasteiger partial charge in [-0.2, -0.15) is 0 Å². The topological polar surface area (TPSA) is 72.4 Å². The third-order valence-corrected chi connectivity index (χ3v) is 5.45. The molecule has 0 atom stereocenters. The summed E-state index contributed by atoms with van der Waals surface area (Å²) in [5.41, 5.74) is 0. The van der Waals surface area contributed by atoms with E-state index in [1.807, 2.05) is 0 Å². The Morgan fingerprint density at radius 2 is 1.65 bits per heavy atom. The maximum atomic E-state index is 10.3. The summed E-state index contributed by atoms with van der Waals surface area (Å²) in [7, 11) is -3.48. The molecule has 0 spiro atoms. The van der Waals surface area contributed by atoms with Gasteiger partial charge in [0.25, 0.3) is 0 Å². The van der Waals surface area contributed by atoms with E-state index in [0.717, 1.165) is 38.5 Å². The number of hydrogen-bond acceptors (Lipinski definition) is 6. The largest absolute Gasteiger partial charge is 2.00 e. The summed E-state index contributed by atoms with van der Waals surface area (Å²) >= 11 is 0.698. The molecule has 0 radical (unpaired) electrons. The van der Waals surface area contributed by atoms with Crippen LogP contribution in [0.5, 0.6) is 0 Å². The standard InChI is InChI=1S/C9H21O4PS2.Zn/c1-3-5-7-9(8-6-4-2)15-16-13-14(10,11)12;/h9H,3-8H2,1-2H3,(H2,10,11,12);/q;+2/p-2. The molecule has 17 heavy (non-hydrogen) atoms. The maximum Gasteiger partial charge on any atom is 2.00 e. The summed E-state index contributed by atoms with van der Waals surface area (Å²) in [5, 5.41) is 0.372. The van der Waals surface area contributed by atoms with Crippen molar-refractivity contribution in [2.24, 2.45) is 0 Å². The molecule has 0 aliphatic rings. The van der Waals surface area contributed by atoms with E-state index in [4.69, 9.17) is 0 Å². The Labute approximate surface area is 125 Å². The van der Waals surface area contributed by atoms with Gasteiger partial charge in [-0.1, -0.05) is 50.3 Å². The molecule has 0 aromatic rings. The molecule has 0 fully saturated rings. The van der Waals surface area contributed by atoms with Gasteiger partial charge in [0.15, 0.2) is 0 Å². The summed E-state index contributed by atoms with van der Waals surface area (Å²) in [6.45, 7) is 4.24. The average molecular weight is 352 g/mol. The third kappa shape index (κ3) is 15.4. The van der Waals surface area contributed by atoms with Crippen LogP contribution in [0.4, 0.5) is 0 Å². The van der Waals surface area contributed by atoms with Crippen LogP contribution in [-0.2, 0) is 28.0 Å². The minimum absolute atomic E-state index is 0. The first-order valence-corrected chi connectivity index (χ1v) is 9.13. The van der Waals surface area contributed by atoms with E-state index in [0.29, 0.717) is 16.3 Å². The molecular weight excluding hydrogens is 333 g/mol. The van der Waals surface area contributed by atoms with Crippen molar-refractivity contribution >= 4 is 29.7 Å². The first-order valence-electron chi connectivity index (χ1n) is 5.53. The van der Waals surface area contributed by atoms with Crippen LogP contribution < -0.4 is 9.79 Å². The molecule has 0 saturated carbocycles. The van der Waals surface area contributed by atoms with E-state index >= 15 is 0 Å². The fourth-order valence-electron chi connectivity index (χ4n) is 1.21. The fraction of sp³-hybridized carbons (Fsp3) is 1.00. The summed E-state index contributed by atoms with van der Waals surface area (Å²) < 4.78 is 14.4. The Hall–Kier alpha value is 1.43. The monoisotopic (exact) mass is 350 g/mol. The molecule has 0 aliphatic heterocycles. The van der Waals surface area contributed by atoms with E-state index in [9.17, 15) is 14.4 Å². The van der Waals surface area contributed by atoms with E-state index in [1.165, 1.54) is 10.8 Å². The molecule has 0 aromatic heterocycles. The van der Waals surface area contributed by atoms with Gasteiger partial charge in [0.2, 0.25) is 0 Å². The Kier molecular flexibility index (Phi) is 15.2. The third-order valence-electron chi connectivity index (χ3n) is 2.06. The second-order valence-corrected chi connectivity index (χ2v) is 7.06. The Morgan fingerprint density at radius 1 is 1.18 bits per heavy atom. The van der Waals surface area contributed by atoms with Gasteiger partial charge in [-0.3, -0.25) is 3.97 Å². The SMILES string of the molecule is CCCCC(CCCC)SSOP(=O)([O-])[O-].[Zn+2]. The Morgan fingerprint density at radius 3 is 2.00 bits per heavy atom. The predicted octanol–water partition coefficient (Wildman–Crippen LogP) is 2.87. The van der Waals surface area contributed by atoms with Crippen LogP contribution >= 0.6 is 29.7 Å². The molecular formula is C9H19O4PS2Zn. The second kappa shape index (κ2) is 12.5. The van der Waals surface area contributed by atoms with E-state index in [-0.39, 0.29) is 19.5 Å². The fourth-order valence-corrected chi connectivity index (χ4v) is 4.19. The zero-order valence-electron chi connectivity index (χ0n) is 10.4. The quantitative estimate of drug-likeness (QED) is 0.261. The number of unbranched alkanes of at least 4 members (excludes halogenated alkanes) is 2. The van der Waals surface area contributed by atoms with Crippen LogP contribution in [0, 0.1) is 0 Å². The van der Waals surface area contributed by atoms with Gasteiger partial charge < -0.3 is 14.4 Å². The van der Waals surface area contributed by atoms with Crippen molar-refractivity contribution in [1.82, 2.24) is 0 Å². The first kappa shape index (κ1) is 20.7. The first-order chi connectivity index (χ1) is 7.49. The minimum atomic E-state index is -4.83. The molecule has 0 amide bonds. The predicted molar refractivity (Wildman–Crippen MR) is 66.7 cm³/mol. The molecule has 8 heteroatoms. The molecule has 0 rings (SSSR count). The van der Waals surface area contributed by atoms with Crippen LogP contribution in [0.3, 0.4) is 0 Å². The van der Waals surface area contributed by atoms with Gasteiger partial charge in [-0.05, 0) is 12.8 Å². The zero-order valence-corrected chi connectivity index (χ0v) is 15.9. The van der Waals surface area contributed by atoms with Gasteiger partial charge >= 0.3 is 19.5 Å². The van der Waals surface area contributed by atoms with Crippen molar-refractivity contribution < 1.29 is 37.8 Å². The van der Waals surface area contributed by atoms with Crippen LogP contribution in [0.2, 0.25) is 0 Å². The Bertz CT molecular complexity index is 207. The van der Waals surface area contributed by atoms with Gasteiger partial charge in [-0.15, -0.1) is 0 Å². The Balaban J connectivity index is 0. The number of phosphoric acid groups is 1. The van der Waals surface area contributed by atoms with Crippen molar-refractivity contribution in [2.45, 2.75) is 57.6 Å². The van der Waals surface area contributed by atoms with Gasteiger partial charge in [0, 0.05) is 5.25 Å². The van der Waals surface area contributed by atoms with Crippen molar-refractivity contribution in [2.75, 3.05) is 0 Å². The molecule has 0 heterocycles. The van der Waals surface area contributed by atoms with Crippen LogP contribution in [0.15, 0.2) is 0 Å². The summed E-state index contributed by atoms with van der Waals surface area (Å²) in [6.07, 6.45) is 6.56. The minimum Gasteiger partial charge on any atom is -0.789 e. The molecule has 98 valence electrons. The summed E-state index contributed by atoms with van der Waals surface area (Å²) in [4.78, 5) is 20.5. The molecule has 0 aliphatic carbocycles. The molecule has 0 bridgehead atoms. The van der Waals surface area contributed by atoms with E-state index in [1.54, 1.807) is 0 Å². The molecule has 4 nitrogen and oxygen atoms in total. The van der Waals surface area contributed by atoms with Crippen molar-refractivity contribution in [1.29, 1.82) is 0 Å². The maximum absolute atomic E-state index is 10.3. The summed E-state index contributed by atoms with van der Waals surface area (Å²) in [6, 6.07) is 0. The average Bonchev–Trinajstić information content (AvgIpc) is 2.19. The number of rotatable bonds is 10. The van der Waals surface area contributed by atoms with Gasteiger partial charge in [0.1, 0.15) is 0 Å². The van der Waals surface area contributed by atoms with E-state index in [2.05, 4.69) is 17.8 Å². The molecule has 0 unspecified atom stereocenters. The second-order valence-electron chi connectivity index (χ2n) is 3.59. The van der Waals surface area contributed by atoms with Gasteiger partial charge in [0.05, 0.1) is 18.9 Å². The van der Waals surface area contributed by atoms with Gasteiger partial charge in [-0.25, -0.2) is 0 Å². The normalized spacial score (nSPS) is 11.6.